The van der Waals surface area contributed by atoms with Crippen LogP contribution in [-0.4, -0.2) is 46.9 Å². The van der Waals surface area contributed by atoms with Gasteiger partial charge in [-0.05, 0) is 31.5 Å². The van der Waals surface area contributed by atoms with Crippen LogP contribution in [0.15, 0.2) is 34.2 Å². The molecule has 0 saturated carbocycles. The van der Waals surface area contributed by atoms with Crippen molar-refractivity contribution in [1.82, 2.24) is 9.55 Å². The summed E-state index contributed by atoms with van der Waals surface area (Å²) in [6, 6.07) is 7.08. The van der Waals surface area contributed by atoms with Crippen molar-refractivity contribution in [3.05, 3.63) is 50.6 Å². The number of aromatic nitrogens is 2. The second kappa shape index (κ2) is 10.6. The van der Waals surface area contributed by atoms with E-state index in [-0.39, 0.29) is 39.9 Å². The number of ether oxygens (including phenoxy) is 2. The molecule has 0 saturated heterocycles. The summed E-state index contributed by atoms with van der Waals surface area (Å²) in [6.07, 6.45) is 0.0969. The van der Waals surface area contributed by atoms with Crippen LogP contribution in [0.2, 0.25) is 0 Å². The highest BCUT2D eigenvalue weighted by atomic mass is 32.2. The summed E-state index contributed by atoms with van der Waals surface area (Å²) in [4.78, 5) is 54.2. The van der Waals surface area contributed by atoms with Gasteiger partial charge in [-0.1, -0.05) is 23.9 Å². The third-order valence-corrected chi connectivity index (χ3v) is 6.97. The van der Waals surface area contributed by atoms with Crippen LogP contribution in [0.1, 0.15) is 38.9 Å². The average Bonchev–Trinajstić information content (AvgIpc) is 3.12. The van der Waals surface area contributed by atoms with Gasteiger partial charge in [-0.25, -0.2) is 14.6 Å². The lowest BCUT2D eigenvalue weighted by Gasteiger charge is -2.09. The molecule has 2 aromatic heterocycles. The maximum Gasteiger partial charge on any atom is 0.348 e. The Balaban J connectivity index is 1.72. The summed E-state index contributed by atoms with van der Waals surface area (Å²) in [5.41, 5.74) is 0.960. The maximum atomic E-state index is 12.6. The number of para-hydroxylation sites is 1. The number of carbonyl (C=O) groups is 3. The molecule has 1 N–H and O–H groups in total. The minimum atomic E-state index is -0.653. The number of nitrogens with one attached hydrogen (secondary N) is 1. The standard InChI is InChI=1S/C22H23N3O6S2/c1-5-31-21(29)17-12(2)16(20(28)30-4)18(33-17)24-15(26)10-11-32-22-23-14-9-7-6-8-13(14)19(27)25(22)3/h6-9H,5,10-11H2,1-4H3,(H,24,26). The lowest BCUT2D eigenvalue weighted by Crippen LogP contribution is -2.20. The Kier molecular flexibility index (Phi) is 7.88. The summed E-state index contributed by atoms with van der Waals surface area (Å²) >= 11 is 2.25. The minimum Gasteiger partial charge on any atom is -0.465 e. The Labute approximate surface area is 198 Å². The number of benzene rings is 1. The van der Waals surface area contributed by atoms with Gasteiger partial charge >= 0.3 is 11.9 Å². The fourth-order valence-corrected chi connectivity index (χ4v) is 5.11. The van der Waals surface area contributed by atoms with Gasteiger partial charge in [0.25, 0.3) is 5.56 Å². The number of thiophene rings is 1. The molecule has 3 aromatic rings. The fourth-order valence-electron chi connectivity index (χ4n) is 3.09. The molecular formula is C22H23N3O6S2. The number of hydrogen-bond acceptors (Lipinski definition) is 9. The number of amides is 1. The van der Waals surface area contributed by atoms with Gasteiger partial charge in [0, 0.05) is 19.2 Å². The number of esters is 2. The lowest BCUT2D eigenvalue weighted by atomic mass is 10.1. The van der Waals surface area contributed by atoms with Crippen molar-refractivity contribution in [3.8, 4) is 0 Å². The Morgan fingerprint density at radius 2 is 1.94 bits per heavy atom. The molecule has 0 bridgehead atoms. The van der Waals surface area contributed by atoms with Crippen LogP contribution in [0.25, 0.3) is 10.9 Å². The zero-order chi connectivity index (χ0) is 24.1. The summed E-state index contributed by atoms with van der Waals surface area (Å²) in [5.74, 6) is -1.22. The normalized spacial score (nSPS) is 10.8. The Bertz CT molecular complexity index is 1280. The SMILES string of the molecule is CCOC(=O)c1sc(NC(=O)CCSc2nc3ccccc3c(=O)n2C)c(C(=O)OC)c1C. The van der Waals surface area contributed by atoms with E-state index in [0.717, 1.165) is 11.3 Å². The molecule has 33 heavy (non-hydrogen) atoms. The van der Waals surface area contributed by atoms with Crippen LogP contribution in [-0.2, 0) is 21.3 Å². The number of hydrogen-bond donors (Lipinski definition) is 1. The molecule has 11 heteroatoms. The molecule has 0 atom stereocenters. The molecule has 0 fully saturated rings. The van der Waals surface area contributed by atoms with E-state index in [1.54, 1.807) is 39.1 Å². The molecule has 0 aliphatic rings. The Hall–Kier alpha value is -3.18. The molecule has 0 spiro atoms. The van der Waals surface area contributed by atoms with Crippen LogP contribution >= 0.6 is 23.1 Å². The molecule has 9 nitrogen and oxygen atoms in total. The van der Waals surface area contributed by atoms with Crippen LogP contribution in [0.4, 0.5) is 5.00 Å². The number of carbonyl (C=O) groups excluding carboxylic acids is 3. The number of anilines is 1. The molecule has 1 aromatic carbocycles. The molecule has 0 aliphatic carbocycles. The molecule has 2 heterocycles. The number of methoxy groups -OCH3 is 1. The molecular weight excluding hydrogens is 466 g/mol. The van der Waals surface area contributed by atoms with Crippen LogP contribution in [0.3, 0.4) is 0 Å². The number of thioether (sulfide) groups is 1. The van der Waals surface area contributed by atoms with E-state index in [1.807, 2.05) is 6.07 Å². The van der Waals surface area contributed by atoms with Crippen molar-refractivity contribution in [2.45, 2.75) is 25.4 Å². The van der Waals surface area contributed by atoms with E-state index < -0.39 is 11.9 Å². The highest BCUT2D eigenvalue weighted by molar-refractivity contribution is 7.99. The zero-order valence-corrected chi connectivity index (χ0v) is 20.2. The van der Waals surface area contributed by atoms with E-state index in [9.17, 15) is 19.2 Å². The van der Waals surface area contributed by atoms with Gasteiger partial charge in [-0.2, -0.15) is 0 Å². The smallest absolute Gasteiger partial charge is 0.348 e. The van der Waals surface area contributed by atoms with Crippen molar-refractivity contribution in [2.24, 2.45) is 7.05 Å². The fraction of sp³-hybridized carbons (Fsp3) is 0.318. The van der Waals surface area contributed by atoms with Crippen LogP contribution in [0, 0.1) is 6.92 Å². The molecule has 1 amide bonds. The average molecular weight is 490 g/mol. The predicted molar refractivity (Wildman–Crippen MR) is 127 cm³/mol. The Morgan fingerprint density at radius 1 is 1.21 bits per heavy atom. The quantitative estimate of drug-likeness (QED) is 0.291. The predicted octanol–water partition coefficient (Wildman–Crippen LogP) is 3.39. The lowest BCUT2D eigenvalue weighted by molar-refractivity contribution is -0.115. The molecule has 174 valence electrons. The first kappa shape index (κ1) is 24.5. The topological polar surface area (TPSA) is 117 Å². The Morgan fingerprint density at radius 3 is 2.64 bits per heavy atom. The van der Waals surface area contributed by atoms with Crippen molar-refractivity contribution >= 4 is 56.8 Å². The first-order valence-electron chi connectivity index (χ1n) is 10.1. The number of rotatable bonds is 8. The van der Waals surface area contributed by atoms with E-state index in [0.29, 0.717) is 27.4 Å². The van der Waals surface area contributed by atoms with Crippen LogP contribution in [0.5, 0.6) is 0 Å². The number of nitrogens with zero attached hydrogens (tertiary/aromatic N) is 2. The molecule has 0 aliphatic heterocycles. The first-order chi connectivity index (χ1) is 15.8. The third kappa shape index (κ3) is 5.25. The van der Waals surface area contributed by atoms with Gasteiger partial charge in [0.15, 0.2) is 5.16 Å². The highest BCUT2D eigenvalue weighted by Gasteiger charge is 2.27. The molecule has 0 radical (unpaired) electrons. The summed E-state index contributed by atoms with van der Waals surface area (Å²) in [7, 11) is 2.87. The summed E-state index contributed by atoms with van der Waals surface area (Å²) in [6.45, 7) is 3.48. The second-order valence-electron chi connectivity index (χ2n) is 6.89. The van der Waals surface area contributed by atoms with Gasteiger partial charge in [-0.3, -0.25) is 14.2 Å². The first-order valence-corrected chi connectivity index (χ1v) is 11.9. The third-order valence-electron chi connectivity index (χ3n) is 4.75. The largest absolute Gasteiger partial charge is 0.465 e. The maximum absolute atomic E-state index is 12.6. The zero-order valence-electron chi connectivity index (χ0n) is 18.6. The van der Waals surface area contributed by atoms with Crippen LogP contribution < -0.4 is 10.9 Å². The summed E-state index contributed by atoms with van der Waals surface area (Å²) in [5, 5.41) is 3.95. The van der Waals surface area contributed by atoms with Crippen molar-refractivity contribution in [3.63, 3.8) is 0 Å². The van der Waals surface area contributed by atoms with Gasteiger partial charge in [0.1, 0.15) is 9.88 Å². The van der Waals surface area contributed by atoms with Crippen molar-refractivity contribution in [1.29, 1.82) is 0 Å². The van der Waals surface area contributed by atoms with E-state index in [2.05, 4.69) is 10.3 Å². The van der Waals surface area contributed by atoms with Gasteiger partial charge in [0.2, 0.25) is 5.91 Å². The molecule has 0 unspecified atom stereocenters. The van der Waals surface area contributed by atoms with Gasteiger partial charge in [-0.15, -0.1) is 11.3 Å². The van der Waals surface area contributed by atoms with Gasteiger partial charge < -0.3 is 14.8 Å². The van der Waals surface area contributed by atoms with Gasteiger partial charge in [0.05, 0.1) is 30.2 Å². The monoisotopic (exact) mass is 489 g/mol. The van der Waals surface area contributed by atoms with Crippen molar-refractivity contribution < 1.29 is 23.9 Å². The molecule has 3 rings (SSSR count). The van der Waals surface area contributed by atoms with E-state index in [4.69, 9.17) is 9.47 Å². The highest BCUT2D eigenvalue weighted by Crippen LogP contribution is 2.34. The van der Waals surface area contributed by atoms with E-state index >= 15 is 0 Å². The minimum absolute atomic E-state index is 0.0969. The summed E-state index contributed by atoms with van der Waals surface area (Å²) < 4.78 is 11.3. The van der Waals surface area contributed by atoms with E-state index in [1.165, 1.54) is 23.4 Å². The van der Waals surface area contributed by atoms with Crippen molar-refractivity contribution in [2.75, 3.05) is 24.8 Å². The number of fused-ring (bicyclic) bond motifs is 1. The second-order valence-corrected chi connectivity index (χ2v) is 8.98.